The van der Waals surface area contributed by atoms with E-state index in [1.54, 1.807) is 23.1 Å². The van der Waals surface area contributed by atoms with E-state index in [1.165, 1.54) is 25.7 Å². The van der Waals surface area contributed by atoms with Crippen LogP contribution in [0.4, 0.5) is 0 Å². The molecule has 3 aliphatic rings. The Kier molecular flexibility index (Phi) is 5.90. The molecule has 0 radical (unpaired) electrons. The summed E-state index contributed by atoms with van der Waals surface area (Å²) in [6, 6.07) is 4.54. The standard InChI is InChI=1S/C22H30N4O2S2/c1-14(18-13-16-5-6-17(18)12-16)26-20(19-4-3-11-29-19)23-24-22(26)30-15(2)21(27)25-7-9-28-10-8-25/h3-4,11,14-18H,5-10,12-13H2,1-2H3. The number of hydrogen-bond acceptors (Lipinski definition) is 6. The van der Waals surface area contributed by atoms with E-state index in [9.17, 15) is 4.79 Å². The Morgan fingerprint density at radius 3 is 2.73 bits per heavy atom. The van der Waals surface area contributed by atoms with Crippen LogP contribution in [-0.2, 0) is 9.53 Å². The number of rotatable bonds is 6. The number of ether oxygens (including phenoxy) is 1. The fourth-order valence-electron chi connectivity index (χ4n) is 5.62. The van der Waals surface area contributed by atoms with Gasteiger partial charge in [-0.1, -0.05) is 24.2 Å². The molecule has 1 amide bonds. The van der Waals surface area contributed by atoms with Crippen molar-refractivity contribution in [3.63, 3.8) is 0 Å². The van der Waals surface area contributed by atoms with Crippen molar-refractivity contribution in [1.29, 1.82) is 0 Å². The summed E-state index contributed by atoms with van der Waals surface area (Å²) >= 11 is 3.26. The van der Waals surface area contributed by atoms with Gasteiger partial charge in [-0.05, 0) is 62.3 Å². The lowest BCUT2D eigenvalue weighted by Crippen LogP contribution is -2.44. The number of carbonyl (C=O) groups is 1. The van der Waals surface area contributed by atoms with Gasteiger partial charge in [-0.3, -0.25) is 9.36 Å². The summed E-state index contributed by atoms with van der Waals surface area (Å²) in [7, 11) is 0. The normalized spacial score (nSPS) is 28.1. The smallest absolute Gasteiger partial charge is 0.236 e. The highest BCUT2D eigenvalue weighted by atomic mass is 32.2. The third-order valence-corrected chi connectivity index (χ3v) is 9.09. The first-order valence-corrected chi connectivity index (χ1v) is 12.9. The lowest BCUT2D eigenvalue weighted by molar-refractivity contribution is -0.134. The topological polar surface area (TPSA) is 60.2 Å². The van der Waals surface area contributed by atoms with E-state index in [4.69, 9.17) is 4.74 Å². The molecule has 1 aliphatic heterocycles. The Hall–Kier alpha value is -1.38. The van der Waals surface area contributed by atoms with Crippen molar-refractivity contribution in [2.24, 2.45) is 17.8 Å². The van der Waals surface area contributed by atoms with Crippen molar-refractivity contribution in [2.45, 2.75) is 56.0 Å². The van der Waals surface area contributed by atoms with Crippen LogP contribution in [0, 0.1) is 17.8 Å². The van der Waals surface area contributed by atoms with Gasteiger partial charge in [-0.15, -0.1) is 21.5 Å². The van der Waals surface area contributed by atoms with Gasteiger partial charge in [0.1, 0.15) is 0 Å². The maximum Gasteiger partial charge on any atom is 0.236 e. The van der Waals surface area contributed by atoms with Gasteiger partial charge in [-0.2, -0.15) is 0 Å². The number of carbonyl (C=O) groups excluding carboxylic acids is 1. The monoisotopic (exact) mass is 446 g/mol. The first-order chi connectivity index (χ1) is 14.6. The number of thioether (sulfide) groups is 1. The van der Waals surface area contributed by atoms with E-state index in [2.05, 4.69) is 39.2 Å². The van der Waals surface area contributed by atoms with Crippen LogP contribution in [0.15, 0.2) is 22.7 Å². The second-order valence-electron chi connectivity index (χ2n) is 8.93. The second-order valence-corrected chi connectivity index (χ2v) is 11.2. The van der Waals surface area contributed by atoms with Crippen LogP contribution in [0.25, 0.3) is 10.7 Å². The van der Waals surface area contributed by atoms with Crippen molar-refractivity contribution < 1.29 is 9.53 Å². The molecule has 0 spiro atoms. The molecule has 2 bridgehead atoms. The van der Waals surface area contributed by atoms with Crippen LogP contribution in [0.5, 0.6) is 0 Å². The minimum absolute atomic E-state index is 0.170. The molecule has 2 aromatic rings. The van der Waals surface area contributed by atoms with Crippen molar-refractivity contribution in [1.82, 2.24) is 19.7 Å². The Labute approximate surface area is 186 Å². The molecule has 6 nitrogen and oxygen atoms in total. The van der Waals surface area contributed by atoms with Gasteiger partial charge < -0.3 is 9.64 Å². The zero-order valence-corrected chi connectivity index (χ0v) is 19.3. The summed E-state index contributed by atoms with van der Waals surface area (Å²) in [6.07, 6.45) is 5.48. The number of thiophene rings is 1. The van der Waals surface area contributed by atoms with Gasteiger partial charge in [0.25, 0.3) is 0 Å². The third kappa shape index (κ3) is 3.82. The lowest BCUT2D eigenvalue weighted by Gasteiger charge is -2.31. The van der Waals surface area contributed by atoms with Gasteiger partial charge in [0.15, 0.2) is 11.0 Å². The zero-order chi connectivity index (χ0) is 20.7. The molecule has 3 fully saturated rings. The number of morpholine rings is 1. The van der Waals surface area contributed by atoms with Crippen LogP contribution in [0.3, 0.4) is 0 Å². The highest BCUT2D eigenvalue weighted by molar-refractivity contribution is 8.00. The first kappa shape index (κ1) is 20.5. The molecule has 1 saturated heterocycles. The third-order valence-electron chi connectivity index (χ3n) is 7.18. The first-order valence-electron chi connectivity index (χ1n) is 11.1. The van der Waals surface area contributed by atoms with E-state index in [0.29, 0.717) is 38.3 Å². The summed E-state index contributed by atoms with van der Waals surface area (Å²) < 4.78 is 7.74. The molecule has 2 aromatic heterocycles. The number of nitrogens with zero attached hydrogens (tertiary/aromatic N) is 4. The van der Waals surface area contributed by atoms with Gasteiger partial charge in [0, 0.05) is 19.1 Å². The summed E-state index contributed by atoms with van der Waals surface area (Å²) in [6.45, 7) is 6.95. The summed E-state index contributed by atoms with van der Waals surface area (Å²) in [5.74, 6) is 3.54. The Morgan fingerprint density at radius 1 is 1.23 bits per heavy atom. The molecule has 2 aliphatic carbocycles. The molecule has 5 unspecified atom stereocenters. The summed E-state index contributed by atoms with van der Waals surface area (Å²) in [4.78, 5) is 16.0. The Balaban J connectivity index is 1.41. The molecule has 30 heavy (non-hydrogen) atoms. The predicted molar refractivity (Wildman–Crippen MR) is 120 cm³/mol. The van der Waals surface area contributed by atoms with Crippen molar-refractivity contribution in [2.75, 3.05) is 26.3 Å². The maximum atomic E-state index is 13.0. The van der Waals surface area contributed by atoms with E-state index in [1.807, 2.05) is 11.8 Å². The maximum absolute atomic E-state index is 13.0. The molecule has 5 rings (SSSR count). The number of hydrogen-bond donors (Lipinski definition) is 0. The van der Waals surface area contributed by atoms with Crippen LogP contribution in [0.2, 0.25) is 0 Å². The van der Waals surface area contributed by atoms with Crippen LogP contribution >= 0.6 is 23.1 Å². The van der Waals surface area contributed by atoms with Gasteiger partial charge in [0.05, 0.1) is 23.3 Å². The Morgan fingerprint density at radius 2 is 2.07 bits per heavy atom. The fourth-order valence-corrected chi connectivity index (χ4v) is 7.35. The molecule has 162 valence electrons. The van der Waals surface area contributed by atoms with Gasteiger partial charge in [0.2, 0.25) is 5.91 Å². The molecule has 0 aromatic carbocycles. The van der Waals surface area contributed by atoms with Gasteiger partial charge in [-0.25, -0.2) is 0 Å². The average Bonchev–Trinajstić information content (AvgIpc) is 3.57. The molecular weight excluding hydrogens is 416 g/mol. The zero-order valence-electron chi connectivity index (χ0n) is 17.7. The molecular formula is C22H30N4O2S2. The molecule has 3 heterocycles. The SMILES string of the molecule is CC(Sc1nnc(-c2cccs2)n1C(C)C1CC2CCC1C2)C(=O)N1CCOCC1. The minimum Gasteiger partial charge on any atom is -0.378 e. The second kappa shape index (κ2) is 8.63. The van der Waals surface area contributed by atoms with E-state index in [0.717, 1.165) is 27.7 Å². The molecule has 0 N–H and O–H groups in total. The highest BCUT2D eigenvalue weighted by Crippen LogP contribution is 2.53. The lowest BCUT2D eigenvalue weighted by atomic mass is 9.84. The van der Waals surface area contributed by atoms with E-state index in [-0.39, 0.29) is 11.2 Å². The minimum atomic E-state index is -0.186. The largest absolute Gasteiger partial charge is 0.378 e. The van der Waals surface area contributed by atoms with E-state index < -0.39 is 0 Å². The molecule has 2 saturated carbocycles. The predicted octanol–water partition coefficient (Wildman–Crippen LogP) is 4.34. The molecule has 8 heteroatoms. The molecule has 5 atom stereocenters. The quantitative estimate of drug-likeness (QED) is 0.618. The highest BCUT2D eigenvalue weighted by Gasteiger charge is 2.43. The number of aromatic nitrogens is 3. The van der Waals surface area contributed by atoms with Crippen molar-refractivity contribution >= 4 is 29.0 Å². The fraction of sp³-hybridized carbons (Fsp3) is 0.682. The van der Waals surface area contributed by atoms with Crippen molar-refractivity contribution in [3.05, 3.63) is 17.5 Å². The van der Waals surface area contributed by atoms with Crippen LogP contribution < -0.4 is 0 Å². The van der Waals surface area contributed by atoms with Gasteiger partial charge >= 0.3 is 0 Å². The van der Waals surface area contributed by atoms with Crippen LogP contribution in [-0.4, -0.2) is 57.1 Å². The number of amides is 1. The summed E-state index contributed by atoms with van der Waals surface area (Å²) in [5, 5.41) is 12.0. The average molecular weight is 447 g/mol. The Bertz CT molecular complexity index is 878. The van der Waals surface area contributed by atoms with Crippen LogP contribution in [0.1, 0.15) is 45.6 Å². The summed E-state index contributed by atoms with van der Waals surface area (Å²) in [5.41, 5.74) is 0. The number of fused-ring (bicyclic) bond motifs is 2. The van der Waals surface area contributed by atoms with Crippen molar-refractivity contribution in [3.8, 4) is 10.7 Å². The van der Waals surface area contributed by atoms with E-state index >= 15 is 0 Å².